The number of hydrogen-bond donors (Lipinski definition) is 0. The van der Waals surface area contributed by atoms with Crippen LogP contribution in [0.3, 0.4) is 0 Å². The van der Waals surface area contributed by atoms with Crippen molar-refractivity contribution in [1.82, 2.24) is 0 Å². The van der Waals surface area contributed by atoms with Gasteiger partial charge in [-0.15, -0.1) is 0 Å². The van der Waals surface area contributed by atoms with E-state index in [-0.39, 0.29) is 4.90 Å². The highest BCUT2D eigenvalue weighted by Crippen LogP contribution is 2.19. The zero-order chi connectivity index (χ0) is 13.4. The summed E-state index contributed by atoms with van der Waals surface area (Å²) in [5.74, 6) is 0.676. The predicted octanol–water partition coefficient (Wildman–Crippen LogP) is 3.96. The maximum Gasteiger partial charge on any atom is 0.261 e. The van der Waals surface area contributed by atoms with Crippen LogP contribution in [0.4, 0.5) is 0 Å². The van der Waals surface area contributed by atoms with Gasteiger partial charge >= 0.3 is 0 Å². The van der Waals surface area contributed by atoms with Crippen molar-refractivity contribution >= 4 is 19.7 Å². The van der Waals surface area contributed by atoms with Crippen molar-refractivity contribution in [3.05, 3.63) is 24.3 Å². The van der Waals surface area contributed by atoms with Gasteiger partial charge in [0.15, 0.2) is 0 Å². The SMILES string of the molecule is CCCCCCCOc1ccc(S(=O)(=O)Cl)cc1. The monoisotopic (exact) mass is 290 g/mol. The number of rotatable bonds is 8. The van der Waals surface area contributed by atoms with Crippen molar-refractivity contribution in [2.75, 3.05) is 6.61 Å². The molecule has 1 rings (SSSR count). The van der Waals surface area contributed by atoms with E-state index in [0.717, 1.165) is 6.42 Å². The van der Waals surface area contributed by atoms with Gasteiger partial charge in [0.25, 0.3) is 9.05 Å². The molecule has 0 saturated heterocycles. The largest absolute Gasteiger partial charge is 0.494 e. The summed E-state index contributed by atoms with van der Waals surface area (Å²) in [6.45, 7) is 2.85. The summed E-state index contributed by atoms with van der Waals surface area (Å²) < 4.78 is 27.6. The third-order valence-electron chi connectivity index (χ3n) is 2.62. The lowest BCUT2D eigenvalue weighted by atomic mass is 10.2. The minimum Gasteiger partial charge on any atom is -0.494 e. The van der Waals surface area contributed by atoms with Crippen LogP contribution >= 0.6 is 10.7 Å². The van der Waals surface area contributed by atoms with Gasteiger partial charge in [-0.2, -0.15) is 0 Å². The predicted molar refractivity (Wildman–Crippen MR) is 73.7 cm³/mol. The molecule has 0 radical (unpaired) electrons. The first-order valence-electron chi connectivity index (χ1n) is 6.21. The van der Waals surface area contributed by atoms with Gasteiger partial charge in [-0.1, -0.05) is 32.6 Å². The van der Waals surface area contributed by atoms with Crippen LogP contribution in [0.2, 0.25) is 0 Å². The molecule has 0 aliphatic rings. The molecule has 0 spiro atoms. The highest BCUT2D eigenvalue weighted by atomic mass is 35.7. The molecular formula is C13H19ClO3S. The topological polar surface area (TPSA) is 43.4 Å². The van der Waals surface area contributed by atoms with Gasteiger partial charge in [-0.3, -0.25) is 0 Å². The number of ether oxygens (including phenoxy) is 1. The fourth-order valence-electron chi connectivity index (χ4n) is 1.59. The van der Waals surface area contributed by atoms with E-state index < -0.39 is 9.05 Å². The highest BCUT2D eigenvalue weighted by Gasteiger charge is 2.08. The van der Waals surface area contributed by atoms with Crippen LogP contribution in [-0.4, -0.2) is 15.0 Å². The van der Waals surface area contributed by atoms with Gasteiger partial charge in [0, 0.05) is 10.7 Å². The van der Waals surface area contributed by atoms with Crippen LogP contribution in [0.25, 0.3) is 0 Å². The van der Waals surface area contributed by atoms with E-state index in [0.29, 0.717) is 12.4 Å². The molecule has 0 bridgehead atoms. The molecule has 0 aliphatic heterocycles. The number of unbranched alkanes of at least 4 members (excludes halogenated alkanes) is 4. The summed E-state index contributed by atoms with van der Waals surface area (Å²) >= 11 is 0. The first-order valence-corrected chi connectivity index (χ1v) is 8.52. The van der Waals surface area contributed by atoms with Crippen LogP contribution in [0, 0.1) is 0 Å². The number of hydrogen-bond acceptors (Lipinski definition) is 3. The lowest BCUT2D eigenvalue weighted by Gasteiger charge is -2.06. The minimum atomic E-state index is -3.64. The van der Waals surface area contributed by atoms with Gasteiger partial charge < -0.3 is 4.74 Å². The highest BCUT2D eigenvalue weighted by molar-refractivity contribution is 8.13. The van der Waals surface area contributed by atoms with Crippen molar-refractivity contribution in [3.8, 4) is 5.75 Å². The molecule has 0 aromatic heterocycles. The van der Waals surface area contributed by atoms with E-state index in [2.05, 4.69) is 6.92 Å². The molecule has 0 saturated carbocycles. The minimum absolute atomic E-state index is 0.0967. The Balaban J connectivity index is 2.32. The second kappa shape index (κ2) is 7.64. The first kappa shape index (κ1) is 15.3. The second-order valence-electron chi connectivity index (χ2n) is 4.17. The van der Waals surface area contributed by atoms with Gasteiger partial charge in [0.1, 0.15) is 5.75 Å². The Kier molecular flexibility index (Phi) is 6.50. The van der Waals surface area contributed by atoms with Crippen LogP contribution in [0.1, 0.15) is 39.0 Å². The average molecular weight is 291 g/mol. The summed E-state index contributed by atoms with van der Waals surface area (Å²) in [6.07, 6.45) is 5.93. The fraction of sp³-hybridized carbons (Fsp3) is 0.538. The molecule has 0 heterocycles. The van der Waals surface area contributed by atoms with E-state index in [1.54, 1.807) is 12.1 Å². The molecule has 0 unspecified atom stereocenters. The molecule has 0 N–H and O–H groups in total. The summed E-state index contributed by atoms with van der Waals surface area (Å²) in [7, 11) is 1.58. The summed E-state index contributed by atoms with van der Waals surface area (Å²) in [6, 6.07) is 6.16. The van der Waals surface area contributed by atoms with Gasteiger partial charge in [-0.25, -0.2) is 8.42 Å². The molecule has 0 amide bonds. The Morgan fingerprint density at radius 1 is 1.06 bits per heavy atom. The molecule has 3 nitrogen and oxygen atoms in total. The van der Waals surface area contributed by atoms with Gasteiger partial charge in [0.05, 0.1) is 11.5 Å². The fourth-order valence-corrected chi connectivity index (χ4v) is 2.36. The lowest BCUT2D eigenvalue weighted by Crippen LogP contribution is -1.98. The quantitative estimate of drug-likeness (QED) is 0.537. The van der Waals surface area contributed by atoms with Crippen molar-refractivity contribution in [2.24, 2.45) is 0 Å². The zero-order valence-electron chi connectivity index (χ0n) is 10.6. The summed E-state index contributed by atoms with van der Waals surface area (Å²) in [5.41, 5.74) is 0. The number of halogens is 1. The third-order valence-corrected chi connectivity index (χ3v) is 3.99. The Bertz CT molecular complexity index is 440. The maximum absolute atomic E-state index is 11.0. The molecule has 0 aliphatic carbocycles. The second-order valence-corrected chi connectivity index (χ2v) is 6.74. The Hall–Kier alpha value is -0.740. The van der Waals surface area contributed by atoms with E-state index in [4.69, 9.17) is 15.4 Å². The molecular weight excluding hydrogens is 272 g/mol. The van der Waals surface area contributed by atoms with Gasteiger partial charge in [0.2, 0.25) is 0 Å². The van der Waals surface area contributed by atoms with E-state index in [9.17, 15) is 8.42 Å². The molecule has 0 atom stereocenters. The van der Waals surface area contributed by atoms with Crippen LogP contribution in [-0.2, 0) is 9.05 Å². The summed E-state index contributed by atoms with van der Waals surface area (Å²) in [5, 5.41) is 0. The van der Waals surface area contributed by atoms with Crippen LogP contribution in [0.5, 0.6) is 5.75 Å². The van der Waals surface area contributed by atoms with Crippen molar-refractivity contribution in [1.29, 1.82) is 0 Å². The Labute approximate surface area is 114 Å². The van der Waals surface area contributed by atoms with Crippen molar-refractivity contribution in [2.45, 2.75) is 43.9 Å². The smallest absolute Gasteiger partial charge is 0.261 e. The van der Waals surface area contributed by atoms with Crippen molar-refractivity contribution in [3.63, 3.8) is 0 Å². The third kappa shape index (κ3) is 5.74. The Morgan fingerprint density at radius 3 is 2.22 bits per heavy atom. The molecule has 5 heteroatoms. The molecule has 18 heavy (non-hydrogen) atoms. The standard InChI is InChI=1S/C13H19ClO3S/c1-2-3-4-5-6-11-17-12-7-9-13(10-8-12)18(14,15)16/h7-10H,2-6,11H2,1H3. The van der Waals surface area contributed by atoms with E-state index >= 15 is 0 Å². The summed E-state index contributed by atoms with van der Waals surface area (Å²) in [4.78, 5) is 0.0967. The molecule has 1 aromatic carbocycles. The maximum atomic E-state index is 11.0. The Morgan fingerprint density at radius 2 is 1.67 bits per heavy atom. The van der Waals surface area contributed by atoms with Crippen LogP contribution < -0.4 is 4.74 Å². The van der Waals surface area contributed by atoms with Crippen LogP contribution in [0.15, 0.2) is 29.2 Å². The molecule has 1 aromatic rings. The van der Waals surface area contributed by atoms with E-state index in [1.165, 1.54) is 37.8 Å². The number of benzene rings is 1. The van der Waals surface area contributed by atoms with Crippen molar-refractivity contribution < 1.29 is 13.2 Å². The van der Waals surface area contributed by atoms with E-state index in [1.807, 2.05) is 0 Å². The molecule has 0 fully saturated rings. The lowest BCUT2D eigenvalue weighted by molar-refractivity contribution is 0.304. The normalized spacial score (nSPS) is 11.4. The zero-order valence-corrected chi connectivity index (χ0v) is 12.1. The average Bonchev–Trinajstić information content (AvgIpc) is 2.33. The molecule has 102 valence electrons. The van der Waals surface area contributed by atoms with Gasteiger partial charge in [-0.05, 0) is 30.7 Å². The first-order chi connectivity index (χ1) is 8.54.